The molecule has 0 aliphatic carbocycles. The van der Waals surface area contributed by atoms with E-state index in [4.69, 9.17) is 28.9 Å². The van der Waals surface area contributed by atoms with Crippen molar-refractivity contribution in [3.8, 4) is 0 Å². The number of hydrogen-bond donors (Lipinski definition) is 1. The van der Waals surface area contributed by atoms with Crippen molar-refractivity contribution in [1.82, 2.24) is 9.78 Å². The number of hydrogen-bond acceptors (Lipinski definition) is 2. The summed E-state index contributed by atoms with van der Waals surface area (Å²) in [4.78, 5) is 0. The lowest BCUT2D eigenvalue weighted by atomic mass is 10.0. The molecule has 3 nitrogen and oxygen atoms in total. The summed E-state index contributed by atoms with van der Waals surface area (Å²) in [6.07, 6.45) is 1.45. The predicted octanol–water partition coefficient (Wildman–Crippen LogP) is 4.32. The number of aromatic nitrogens is 2. The molecule has 0 fully saturated rings. The third kappa shape index (κ3) is 3.25. The average molecular weight is 326 g/mol. The van der Waals surface area contributed by atoms with Crippen LogP contribution >= 0.6 is 23.2 Å². The Hall–Kier alpha value is -1.03. The molecule has 0 saturated heterocycles. The average Bonchev–Trinajstić information content (AvgIpc) is 2.78. The van der Waals surface area contributed by atoms with E-state index in [1.807, 2.05) is 29.8 Å². The maximum atomic E-state index is 6.44. The molecule has 0 saturated carbocycles. The van der Waals surface area contributed by atoms with Gasteiger partial charge in [-0.1, -0.05) is 48.3 Å². The largest absolute Gasteiger partial charge is 0.324 e. The van der Waals surface area contributed by atoms with E-state index in [0.717, 1.165) is 45.5 Å². The normalized spacial score (nSPS) is 12.7. The van der Waals surface area contributed by atoms with E-state index in [0.29, 0.717) is 6.42 Å². The zero-order valence-electron chi connectivity index (χ0n) is 12.7. The van der Waals surface area contributed by atoms with Crippen LogP contribution in [0.2, 0.25) is 10.0 Å². The van der Waals surface area contributed by atoms with E-state index in [1.165, 1.54) is 0 Å². The Kier molecular flexibility index (Phi) is 5.31. The molecule has 0 spiro atoms. The molecular weight excluding hydrogens is 305 g/mol. The number of rotatable bonds is 5. The van der Waals surface area contributed by atoms with Crippen LogP contribution in [0, 0.1) is 6.92 Å². The summed E-state index contributed by atoms with van der Waals surface area (Å²) in [6.45, 7) is 6.87. The van der Waals surface area contributed by atoms with E-state index < -0.39 is 0 Å². The Morgan fingerprint density at radius 3 is 2.57 bits per heavy atom. The summed E-state index contributed by atoms with van der Waals surface area (Å²) >= 11 is 12.8. The van der Waals surface area contributed by atoms with E-state index in [-0.39, 0.29) is 6.04 Å². The minimum Gasteiger partial charge on any atom is -0.324 e. The molecule has 2 aromatic rings. The molecule has 0 bridgehead atoms. The van der Waals surface area contributed by atoms with E-state index >= 15 is 0 Å². The summed E-state index contributed by atoms with van der Waals surface area (Å²) in [6, 6.07) is 5.74. The molecule has 1 unspecified atom stereocenters. The van der Waals surface area contributed by atoms with Gasteiger partial charge in [0.1, 0.15) is 0 Å². The molecule has 0 amide bonds. The summed E-state index contributed by atoms with van der Waals surface area (Å²) in [7, 11) is 0. The van der Waals surface area contributed by atoms with Crippen molar-refractivity contribution in [2.24, 2.45) is 5.73 Å². The summed E-state index contributed by atoms with van der Waals surface area (Å²) in [5, 5.41) is 6.00. The maximum absolute atomic E-state index is 6.44. The fourth-order valence-electron chi connectivity index (χ4n) is 2.49. The maximum Gasteiger partial charge on any atom is 0.0850 e. The zero-order valence-corrected chi connectivity index (χ0v) is 14.2. The van der Waals surface area contributed by atoms with Crippen molar-refractivity contribution in [2.45, 2.75) is 46.2 Å². The van der Waals surface area contributed by atoms with Gasteiger partial charge in [-0.2, -0.15) is 5.10 Å². The molecule has 2 N–H and O–H groups in total. The molecule has 1 aromatic carbocycles. The van der Waals surface area contributed by atoms with Crippen LogP contribution in [-0.2, 0) is 19.4 Å². The van der Waals surface area contributed by atoms with Gasteiger partial charge >= 0.3 is 0 Å². The fraction of sp³-hybridized carbons (Fsp3) is 0.438. The first-order valence-corrected chi connectivity index (χ1v) is 7.99. The second kappa shape index (κ2) is 6.82. The third-order valence-corrected chi connectivity index (χ3v) is 4.68. The smallest absolute Gasteiger partial charge is 0.0850 e. The second-order valence-electron chi connectivity index (χ2n) is 5.17. The summed E-state index contributed by atoms with van der Waals surface area (Å²) in [5.41, 5.74) is 10.3. The lowest BCUT2D eigenvalue weighted by molar-refractivity contribution is 0.585. The van der Waals surface area contributed by atoms with Gasteiger partial charge in [-0.3, -0.25) is 4.68 Å². The van der Waals surface area contributed by atoms with Crippen LogP contribution in [0.4, 0.5) is 0 Å². The van der Waals surface area contributed by atoms with Gasteiger partial charge in [0.15, 0.2) is 0 Å². The highest BCUT2D eigenvalue weighted by Gasteiger charge is 2.19. The number of nitrogens with two attached hydrogens (primary N) is 1. The van der Waals surface area contributed by atoms with Gasteiger partial charge in [-0.15, -0.1) is 0 Å². The fourth-order valence-corrected chi connectivity index (χ4v) is 3.10. The van der Waals surface area contributed by atoms with Crippen molar-refractivity contribution in [3.05, 3.63) is 50.8 Å². The van der Waals surface area contributed by atoms with E-state index in [9.17, 15) is 0 Å². The molecule has 1 aromatic heterocycles. The Bertz CT molecular complexity index is 635. The molecule has 1 atom stereocenters. The van der Waals surface area contributed by atoms with Crippen LogP contribution in [0.3, 0.4) is 0 Å². The molecule has 5 heteroatoms. The summed E-state index contributed by atoms with van der Waals surface area (Å²) < 4.78 is 1.94. The molecule has 2 rings (SSSR count). The second-order valence-corrected chi connectivity index (χ2v) is 5.92. The van der Waals surface area contributed by atoms with Crippen molar-refractivity contribution >= 4 is 23.2 Å². The van der Waals surface area contributed by atoms with Gasteiger partial charge in [0.2, 0.25) is 0 Å². The van der Waals surface area contributed by atoms with Crippen molar-refractivity contribution < 1.29 is 0 Å². The molecule has 1 heterocycles. The molecule has 0 aliphatic rings. The van der Waals surface area contributed by atoms with Crippen LogP contribution in [0.15, 0.2) is 18.2 Å². The molecule has 0 radical (unpaired) electrons. The van der Waals surface area contributed by atoms with E-state index in [1.54, 1.807) is 0 Å². The van der Waals surface area contributed by atoms with Crippen molar-refractivity contribution in [3.63, 3.8) is 0 Å². The lowest BCUT2D eigenvalue weighted by Gasteiger charge is -2.16. The van der Waals surface area contributed by atoms with Crippen LogP contribution in [0.1, 0.15) is 42.4 Å². The van der Waals surface area contributed by atoms with E-state index in [2.05, 4.69) is 18.9 Å². The van der Waals surface area contributed by atoms with Crippen LogP contribution < -0.4 is 5.73 Å². The minimum absolute atomic E-state index is 0.193. The highest BCUT2D eigenvalue weighted by Crippen LogP contribution is 2.30. The standard InChI is InChI=1S/C16H21Cl2N3/c1-4-13-16(18)14(21(5-2)20-13)9-12(19)11-8-6-7-10(3)15(11)17/h6-8,12H,4-5,9,19H2,1-3H3. The van der Waals surface area contributed by atoms with Crippen LogP contribution in [0.25, 0.3) is 0 Å². The molecule has 114 valence electrons. The number of halogens is 2. The Labute approximate surface area is 136 Å². The predicted molar refractivity (Wildman–Crippen MR) is 89.1 cm³/mol. The lowest BCUT2D eigenvalue weighted by Crippen LogP contribution is -2.17. The Morgan fingerprint density at radius 1 is 1.24 bits per heavy atom. The first-order valence-electron chi connectivity index (χ1n) is 7.24. The molecular formula is C16H21Cl2N3. The number of benzene rings is 1. The topological polar surface area (TPSA) is 43.8 Å². The van der Waals surface area contributed by atoms with Gasteiger partial charge in [0.25, 0.3) is 0 Å². The number of nitrogens with zero attached hydrogens (tertiary/aromatic N) is 2. The third-order valence-electron chi connectivity index (χ3n) is 3.73. The Morgan fingerprint density at radius 2 is 1.95 bits per heavy atom. The Balaban J connectivity index is 2.33. The highest BCUT2D eigenvalue weighted by atomic mass is 35.5. The first-order chi connectivity index (χ1) is 9.99. The minimum atomic E-state index is -0.193. The van der Waals surface area contributed by atoms with Crippen LogP contribution in [0.5, 0.6) is 0 Å². The van der Waals surface area contributed by atoms with Crippen molar-refractivity contribution in [2.75, 3.05) is 0 Å². The summed E-state index contributed by atoms with van der Waals surface area (Å²) in [5.74, 6) is 0. The zero-order chi connectivity index (χ0) is 15.6. The van der Waals surface area contributed by atoms with Gasteiger partial charge in [0.05, 0.1) is 16.4 Å². The van der Waals surface area contributed by atoms with Crippen molar-refractivity contribution in [1.29, 1.82) is 0 Å². The molecule has 21 heavy (non-hydrogen) atoms. The van der Waals surface area contributed by atoms with Gasteiger partial charge in [-0.05, 0) is 31.4 Å². The van der Waals surface area contributed by atoms with Gasteiger partial charge in [-0.25, -0.2) is 0 Å². The molecule has 0 aliphatic heterocycles. The van der Waals surface area contributed by atoms with Gasteiger partial charge in [0, 0.05) is 24.0 Å². The van der Waals surface area contributed by atoms with Crippen LogP contribution in [-0.4, -0.2) is 9.78 Å². The number of aryl methyl sites for hydroxylation is 3. The first kappa shape index (κ1) is 16.3. The van der Waals surface area contributed by atoms with Gasteiger partial charge < -0.3 is 5.73 Å². The SMILES string of the molecule is CCc1nn(CC)c(CC(N)c2cccc(C)c2Cl)c1Cl. The monoisotopic (exact) mass is 325 g/mol. The quantitative estimate of drug-likeness (QED) is 0.889. The highest BCUT2D eigenvalue weighted by molar-refractivity contribution is 6.32.